The molecule has 3 N–H and O–H groups in total. The summed E-state index contributed by atoms with van der Waals surface area (Å²) in [6.45, 7) is 5.64. The van der Waals surface area contributed by atoms with Crippen molar-refractivity contribution in [3.05, 3.63) is 40.6 Å². The van der Waals surface area contributed by atoms with Crippen molar-refractivity contribution in [3.8, 4) is 0 Å². The lowest BCUT2D eigenvalue weighted by atomic mass is 10.0. The largest absolute Gasteiger partial charge is 0.394 e. The normalized spacial score (nSPS) is 10.5. The van der Waals surface area contributed by atoms with Gasteiger partial charge in [-0.2, -0.15) is 5.10 Å². The van der Waals surface area contributed by atoms with Gasteiger partial charge in [-0.05, 0) is 31.9 Å². The fourth-order valence-corrected chi connectivity index (χ4v) is 2.17. The van der Waals surface area contributed by atoms with Crippen molar-refractivity contribution in [1.29, 1.82) is 0 Å². The molecule has 0 atom stereocenters. The molecule has 100 valence electrons. The zero-order valence-corrected chi connectivity index (χ0v) is 11.6. The summed E-state index contributed by atoms with van der Waals surface area (Å²) in [7, 11) is 1.75. The maximum Gasteiger partial charge on any atom is 0.257 e. The molecule has 0 aliphatic rings. The molecule has 2 aromatic rings. The summed E-state index contributed by atoms with van der Waals surface area (Å²) in [5, 5.41) is 7.01. The molecule has 19 heavy (non-hydrogen) atoms. The van der Waals surface area contributed by atoms with Crippen LogP contribution in [0.4, 0.5) is 11.5 Å². The van der Waals surface area contributed by atoms with Crippen LogP contribution in [-0.4, -0.2) is 15.7 Å². The van der Waals surface area contributed by atoms with Gasteiger partial charge >= 0.3 is 0 Å². The number of aryl methyl sites for hydroxylation is 4. The molecule has 0 radical (unpaired) electrons. The van der Waals surface area contributed by atoms with Gasteiger partial charge in [0.1, 0.15) is 0 Å². The average molecular weight is 258 g/mol. The van der Waals surface area contributed by atoms with Gasteiger partial charge in [0.15, 0.2) is 5.82 Å². The average Bonchev–Trinajstić information content (AvgIpc) is 2.56. The van der Waals surface area contributed by atoms with Crippen molar-refractivity contribution >= 4 is 17.4 Å². The third-order valence-electron chi connectivity index (χ3n) is 3.21. The van der Waals surface area contributed by atoms with E-state index in [0.717, 1.165) is 11.1 Å². The first kappa shape index (κ1) is 13.1. The molecule has 0 aliphatic heterocycles. The molecule has 0 aliphatic carbocycles. The molecular weight excluding hydrogens is 240 g/mol. The van der Waals surface area contributed by atoms with Crippen LogP contribution >= 0.6 is 0 Å². The number of nitrogens with two attached hydrogens (primary N) is 1. The van der Waals surface area contributed by atoms with Crippen LogP contribution in [0.15, 0.2) is 18.2 Å². The van der Waals surface area contributed by atoms with Crippen LogP contribution in [0.25, 0.3) is 0 Å². The molecule has 5 nitrogen and oxygen atoms in total. The minimum absolute atomic E-state index is 0.162. The minimum atomic E-state index is -0.162. The molecular formula is C14H18N4O. The lowest BCUT2D eigenvalue weighted by Gasteiger charge is -2.11. The second-order valence-corrected chi connectivity index (χ2v) is 4.69. The SMILES string of the molecule is Cc1cccc(C)c1C(=O)Nc1c(N)c(C)nn1C. The Labute approximate surface area is 112 Å². The summed E-state index contributed by atoms with van der Waals surface area (Å²) in [5.74, 6) is 0.371. The van der Waals surface area contributed by atoms with Gasteiger partial charge < -0.3 is 11.1 Å². The van der Waals surface area contributed by atoms with Crippen molar-refractivity contribution in [2.75, 3.05) is 11.1 Å². The van der Waals surface area contributed by atoms with Crippen LogP contribution in [0.3, 0.4) is 0 Å². The van der Waals surface area contributed by atoms with Crippen LogP contribution in [0.1, 0.15) is 27.2 Å². The van der Waals surface area contributed by atoms with Gasteiger partial charge in [-0.25, -0.2) is 0 Å². The first-order chi connectivity index (χ1) is 8.91. The number of amides is 1. The molecule has 0 saturated carbocycles. The Balaban J connectivity index is 2.36. The second kappa shape index (κ2) is 4.76. The molecule has 2 rings (SSSR count). The molecule has 5 heteroatoms. The maximum absolute atomic E-state index is 12.4. The zero-order chi connectivity index (χ0) is 14.2. The van der Waals surface area contributed by atoms with Crippen LogP contribution in [0.5, 0.6) is 0 Å². The molecule has 0 fully saturated rings. The summed E-state index contributed by atoms with van der Waals surface area (Å²) < 4.78 is 1.58. The number of carbonyl (C=O) groups excluding carboxylic acids is 1. The summed E-state index contributed by atoms with van der Waals surface area (Å²) in [5.41, 5.74) is 9.68. The third-order valence-corrected chi connectivity index (χ3v) is 3.21. The number of hydrogen-bond donors (Lipinski definition) is 2. The number of benzene rings is 1. The number of nitrogens with one attached hydrogen (secondary N) is 1. The van der Waals surface area contributed by atoms with E-state index in [1.807, 2.05) is 39.0 Å². The van der Waals surface area contributed by atoms with E-state index >= 15 is 0 Å². The zero-order valence-electron chi connectivity index (χ0n) is 11.6. The smallest absolute Gasteiger partial charge is 0.257 e. The Kier molecular flexibility index (Phi) is 3.29. The number of anilines is 2. The summed E-state index contributed by atoms with van der Waals surface area (Å²) >= 11 is 0. The van der Waals surface area contributed by atoms with Gasteiger partial charge in [0.05, 0.1) is 11.4 Å². The highest BCUT2D eigenvalue weighted by Crippen LogP contribution is 2.23. The summed E-state index contributed by atoms with van der Waals surface area (Å²) in [6.07, 6.45) is 0. The monoisotopic (exact) mass is 258 g/mol. The van der Waals surface area contributed by atoms with Crippen molar-refractivity contribution in [3.63, 3.8) is 0 Å². The highest BCUT2D eigenvalue weighted by atomic mass is 16.1. The topological polar surface area (TPSA) is 72.9 Å². The van der Waals surface area contributed by atoms with Crippen molar-refractivity contribution in [1.82, 2.24) is 9.78 Å². The molecule has 0 unspecified atom stereocenters. The first-order valence-corrected chi connectivity index (χ1v) is 6.08. The highest BCUT2D eigenvalue weighted by molar-refractivity contribution is 6.07. The Morgan fingerprint density at radius 1 is 1.26 bits per heavy atom. The molecule has 0 saturated heterocycles. The molecule has 0 bridgehead atoms. The van der Waals surface area contributed by atoms with E-state index < -0.39 is 0 Å². The summed E-state index contributed by atoms with van der Waals surface area (Å²) in [6, 6.07) is 5.77. The Morgan fingerprint density at radius 3 is 2.32 bits per heavy atom. The van der Waals surface area contributed by atoms with Gasteiger partial charge in [0.2, 0.25) is 0 Å². The first-order valence-electron chi connectivity index (χ1n) is 6.08. The highest BCUT2D eigenvalue weighted by Gasteiger charge is 2.16. The van der Waals surface area contributed by atoms with Gasteiger partial charge in [-0.1, -0.05) is 18.2 Å². The quantitative estimate of drug-likeness (QED) is 0.867. The predicted octanol–water partition coefficient (Wildman–Crippen LogP) is 2.18. The number of aromatic nitrogens is 2. The van der Waals surface area contributed by atoms with Crippen molar-refractivity contribution < 1.29 is 4.79 Å². The van der Waals surface area contributed by atoms with Gasteiger partial charge in [-0.15, -0.1) is 0 Å². The number of nitrogen functional groups attached to an aromatic ring is 1. The summed E-state index contributed by atoms with van der Waals surface area (Å²) in [4.78, 5) is 12.4. The van der Waals surface area contributed by atoms with Crippen LogP contribution < -0.4 is 11.1 Å². The number of nitrogens with zero attached hydrogens (tertiary/aromatic N) is 2. The van der Waals surface area contributed by atoms with E-state index in [-0.39, 0.29) is 5.91 Å². The van der Waals surface area contributed by atoms with Crippen LogP contribution in [-0.2, 0) is 7.05 Å². The molecule has 1 heterocycles. The Morgan fingerprint density at radius 2 is 1.84 bits per heavy atom. The van der Waals surface area contributed by atoms with Crippen LogP contribution in [0, 0.1) is 20.8 Å². The van der Waals surface area contributed by atoms with Crippen molar-refractivity contribution in [2.24, 2.45) is 7.05 Å². The minimum Gasteiger partial charge on any atom is -0.394 e. The standard InChI is InChI=1S/C14H18N4O/c1-8-6-5-7-9(2)11(8)14(19)16-13-12(15)10(3)17-18(13)4/h5-7H,15H2,1-4H3,(H,16,19). The number of carbonyl (C=O) groups is 1. The predicted molar refractivity (Wildman–Crippen MR) is 76.2 cm³/mol. The second-order valence-electron chi connectivity index (χ2n) is 4.69. The fourth-order valence-electron chi connectivity index (χ4n) is 2.17. The Hall–Kier alpha value is -2.30. The number of rotatable bonds is 2. The van der Waals surface area contributed by atoms with E-state index in [9.17, 15) is 4.79 Å². The lowest BCUT2D eigenvalue weighted by Crippen LogP contribution is -2.17. The van der Waals surface area contributed by atoms with E-state index in [1.54, 1.807) is 11.7 Å². The maximum atomic E-state index is 12.4. The van der Waals surface area contributed by atoms with E-state index in [0.29, 0.717) is 22.8 Å². The molecule has 1 aromatic carbocycles. The third kappa shape index (κ3) is 2.31. The van der Waals surface area contributed by atoms with Gasteiger partial charge in [0.25, 0.3) is 5.91 Å². The molecule has 1 amide bonds. The Bertz CT molecular complexity index is 623. The van der Waals surface area contributed by atoms with E-state index in [1.165, 1.54) is 0 Å². The number of hydrogen-bond acceptors (Lipinski definition) is 3. The van der Waals surface area contributed by atoms with Gasteiger partial charge in [0, 0.05) is 12.6 Å². The van der Waals surface area contributed by atoms with E-state index in [2.05, 4.69) is 10.4 Å². The molecule has 0 spiro atoms. The van der Waals surface area contributed by atoms with Crippen molar-refractivity contribution in [2.45, 2.75) is 20.8 Å². The van der Waals surface area contributed by atoms with Gasteiger partial charge in [-0.3, -0.25) is 9.48 Å². The lowest BCUT2D eigenvalue weighted by molar-refractivity contribution is 0.102. The van der Waals surface area contributed by atoms with Crippen LogP contribution in [0.2, 0.25) is 0 Å². The molecule has 1 aromatic heterocycles. The fraction of sp³-hybridized carbons (Fsp3) is 0.286. The van der Waals surface area contributed by atoms with E-state index in [4.69, 9.17) is 5.73 Å².